The van der Waals surface area contributed by atoms with E-state index in [2.05, 4.69) is 20.8 Å². The largest absolute Gasteiger partial charge is 0.342 e. The highest BCUT2D eigenvalue weighted by Gasteiger charge is 2.28. The second-order valence-electron chi connectivity index (χ2n) is 6.95. The fourth-order valence-electron chi connectivity index (χ4n) is 3.18. The lowest BCUT2D eigenvalue weighted by Gasteiger charge is -2.32. The van der Waals surface area contributed by atoms with Gasteiger partial charge in [0.05, 0.1) is 0 Å². The van der Waals surface area contributed by atoms with Crippen LogP contribution in [-0.4, -0.2) is 50.0 Å². The number of nitrogens with one attached hydrogen (secondary N) is 1. The number of hydrogen-bond donors (Lipinski definition) is 1. The van der Waals surface area contributed by atoms with E-state index in [4.69, 9.17) is 0 Å². The molecule has 2 heterocycles. The van der Waals surface area contributed by atoms with Crippen molar-refractivity contribution in [2.75, 3.05) is 18.4 Å². The lowest BCUT2D eigenvalue weighted by molar-refractivity contribution is -0.137. The van der Waals surface area contributed by atoms with Crippen LogP contribution in [0.15, 0.2) is 24.3 Å². The van der Waals surface area contributed by atoms with Gasteiger partial charge in [0, 0.05) is 43.2 Å². The SMILES string of the molecule is CC(C)C(=O)N1CCC(C(=O)Nc2cccc(-c3nnnn3C)c2)CC1. The Morgan fingerprint density at radius 2 is 1.96 bits per heavy atom. The molecule has 0 aliphatic carbocycles. The van der Waals surface area contributed by atoms with Crippen molar-refractivity contribution in [3.05, 3.63) is 24.3 Å². The van der Waals surface area contributed by atoms with Crippen LogP contribution < -0.4 is 5.32 Å². The van der Waals surface area contributed by atoms with E-state index in [1.54, 1.807) is 11.7 Å². The van der Waals surface area contributed by atoms with E-state index in [1.165, 1.54) is 0 Å². The van der Waals surface area contributed by atoms with Crippen molar-refractivity contribution in [1.29, 1.82) is 0 Å². The Bertz CT molecular complexity index is 792. The van der Waals surface area contributed by atoms with E-state index in [0.717, 1.165) is 11.3 Å². The maximum atomic E-state index is 12.6. The Kier molecular flexibility index (Phi) is 5.29. The second-order valence-corrected chi connectivity index (χ2v) is 6.95. The molecule has 1 aromatic carbocycles. The molecule has 2 aromatic rings. The van der Waals surface area contributed by atoms with Gasteiger partial charge < -0.3 is 10.2 Å². The van der Waals surface area contributed by atoms with Crippen molar-refractivity contribution in [2.24, 2.45) is 18.9 Å². The average molecular weight is 356 g/mol. The van der Waals surface area contributed by atoms with Gasteiger partial charge in [-0.25, -0.2) is 4.68 Å². The number of carbonyl (C=O) groups is 2. The first-order chi connectivity index (χ1) is 12.5. The lowest BCUT2D eigenvalue weighted by Crippen LogP contribution is -2.43. The molecule has 2 amide bonds. The number of tetrazole rings is 1. The first kappa shape index (κ1) is 18.0. The summed E-state index contributed by atoms with van der Waals surface area (Å²) in [6, 6.07) is 7.48. The molecule has 26 heavy (non-hydrogen) atoms. The first-order valence-electron chi connectivity index (χ1n) is 8.88. The van der Waals surface area contributed by atoms with Crippen LogP contribution >= 0.6 is 0 Å². The summed E-state index contributed by atoms with van der Waals surface area (Å²) in [7, 11) is 1.77. The van der Waals surface area contributed by atoms with E-state index in [0.29, 0.717) is 31.8 Å². The average Bonchev–Trinajstić information content (AvgIpc) is 3.07. The molecule has 138 valence electrons. The van der Waals surface area contributed by atoms with E-state index < -0.39 is 0 Å². The zero-order valence-electron chi connectivity index (χ0n) is 15.3. The molecule has 0 radical (unpaired) electrons. The second kappa shape index (κ2) is 7.63. The Balaban J connectivity index is 1.61. The predicted molar refractivity (Wildman–Crippen MR) is 97.0 cm³/mol. The van der Waals surface area contributed by atoms with Crippen LogP contribution in [0.4, 0.5) is 5.69 Å². The molecule has 0 spiro atoms. The number of carbonyl (C=O) groups excluding carboxylic acids is 2. The molecule has 0 unspecified atom stereocenters. The first-order valence-corrected chi connectivity index (χ1v) is 8.88. The summed E-state index contributed by atoms with van der Waals surface area (Å²) in [5, 5.41) is 14.4. The third-order valence-electron chi connectivity index (χ3n) is 4.68. The van der Waals surface area contributed by atoms with Gasteiger partial charge in [0.15, 0.2) is 5.82 Å². The zero-order valence-corrected chi connectivity index (χ0v) is 15.3. The highest BCUT2D eigenvalue weighted by molar-refractivity contribution is 5.93. The van der Waals surface area contributed by atoms with Crippen molar-refractivity contribution < 1.29 is 9.59 Å². The van der Waals surface area contributed by atoms with Crippen LogP contribution in [0.5, 0.6) is 0 Å². The summed E-state index contributed by atoms with van der Waals surface area (Å²) >= 11 is 0. The zero-order chi connectivity index (χ0) is 18.7. The number of benzene rings is 1. The molecule has 3 rings (SSSR count). The summed E-state index contributed by atoms with van der Waals surface area (Å²) in [4.78, 5) is 26.5. The Morgan fingerprint density at radius 1 is 1.23 bits per heavy atom. The minimum atomic E-state index is -0.0774. The standard InChI is InChI=1S/C18H24N6O2/c1-12(2)18(26)24-9-7-13(8-10-24)17(25)19-15-6-4-5-14(11-15)16-20-21-22-23(16)3/h4-6,11-13H,7-10H2,1-3H3,(H,19,25). The number of hydrogen-bond acceptors (Lipinski definition) is 5. The highest BCUT2D eigenvalue weighted by atomic mass is 16.2. The van der Waals surface area contributed by atoms with Gasteiger partial charge in [0.25, 0.3) is 0 Å². The van der Waals surface area contributed by atoms with Gasteiger partial charge in [0.1, 0.15) is 0 Å². The minimum absolute atomic E-state index is 0.00165. The van der Waals surface area contributed by atoms with Crippen LogP contribution in [0.25, 0.3) is 11.4 Å². The van der Waals surface area contributed by atoms with Crippen LogP contribution in [0, 0.1) is 11.8 Å². The fraction of sp³-hybridized carbons (Fsp3) is 0.500. The number of nitrogens with zero attached hydrogens (tertiary/aromatic N) is 5. The lowest BCUT2D eigenvalue weighted by atomic mass is 9.95. The van der Waals surface area contributed by atoms with Crippen LogP contribution in [0.2, 0.25) is 0 Å². The summed E-state index contributed by atoms with van der Waals surface area (Å²) < 4.78 is 1.59. The van der Waals surface area contributed by atoms with Crippen molar-refractivity contribution in [3.8, 4) is 11.4 Å². The third kappa shape index (κ3) is 3.89. The minimum Gasteiger partial charge on any atom is -0.342 e. The third-order valence-corrected chi connectivity index (χ3v) is 4.68. The molecule has 1 aliphatic heterocycles. The number of anilines is 1. The Hall–Kier alpha value is -2.77. The molecule has 1 N–H and O–H groups in total. The van der Waals surface area contributed by atoms with Gasteiger partial charge >= 0.3 is 0 Å². The quantitative estimate of drug-likeness (QED) is 0.900. The molecule has 0 saturated carbocycles. The van der Waals surface area contributed by atoms with Crippen LogP contribution in [0.1, 0.15) is 26.7 Å². The Morgan fingerprint density at radius 3 is 2.58 bits per heavy atom. The van der Waals surface area contributed by atoms with Crippen LogP contribution in [-0.2, 0) is 16.6 Å². The smallest absolute Gasteiger partial charge is 0.227 e. The van der Waals surface area contributed by atoms with E-state index in [-0.39, 0.29) is 23.7 Å². The van der Waals surface area contributed by atoms with Gasteiger partial charge in [0.2, 0.25) is 11.8 Å². The molecule has 0 atom stereocenters. The number of amides is 2. The molecule has 8 nitrogen and oxygen atoms in total. The number of piperidine rings is 1. The maximum Gasteiger partial charge on any atom is 0.227 e. The number of aryl methyl sites for hydroxylation is 1. The summed E-state index contributed by atoms with van der Waals surface area (Å²) in [5.41, 5.74) is 1.56. The normalized spacial score (nSPS) is 15.3. The number of aromatic nitrogens is 4. The van der Waals surface area contributed by atoms with E-state index in [9.17, 15) is 9.59 Å². The molecule has 8 heteroatoms. The van der Waals surface area contributed by atoms with Gasteiger partial charge in [-0.2, -0.15) is 0 Å². The van der Waals surface area contributed by atoms with Crippen molar-refractivity contribution in [1.82, 2.24) is 25.1 Å². The van der Waals surface area contributed by atoms with E-state index >= 15 is 0 Å². The van der Waals surface area contributed by atoms with Gasteiger partial charge in [-0.1, -0.05) is 26.0 Å². The molecule has 1 aromatic heterocycles. The summed E-state index contributed by atoms with van der Waals surface area (Å²) in [5.74, 6) is 0.718. The van der Waals surface area contributed by atoms with Crippen LogP contribution in [0.3, 0.4) is 0 Å². The molecular weight excluding hydrogens is 332 g/mol. The predicted octanol–water partition coefficient (Wildman–Crippen LogP) is 1.71. The number of likely N-dealkylation sites (tertiary alicyclic amines) is 1. The van der Waals surface area contributed by atoms with Crippen molar-refractivity contribution in [3.63, 3.8) is 0 Å². The summed E-state index contributed by atoms with van der Waals surface area (Å²) in [6.07, 6.45) is 1.38. The molecule has 1 fully saturated rings. The Labute approximate surface area is 152 Å². The number of rotatable bonds is 4. The fourth-order valence-corrected chi connectivity index (χ4v) is 3.18. The maximum absolute atomic E-state index is 12.6. The highest BCUT2D eigenvalue weighted by Crippen LogP contribution is 2.23. The monoisotopic (exact) mass is 356 g/mol. The molecule has 0 bridgehead atoms. The van der Waals surface area contributed by atoms with E-state index in [1.807, 2.05) is 43.0 Å². The van der Waals surface area contributed by atoms with Gasteiger partial charge in [-0.05, 0) is 35.4 Å². The van der Waals surface area contributed by atoms with Gasteiger partial charge in [-0.3, -0.25) is 9.59 Å². The topological polar surface area (TPSA) is 93.0 Å². The molecular formula is C18H24N6O2. The van der Waals surface area contributed by atoms with Crippen molar-refractivity contribution in [2.45, 2.75) is 26.7 Å². The summed E-state index contributed by atoms with van der Waals surface area (Å²) in [6.45, 7) is 5.08. The molecule has 1 saturated heterocycles. The van der Waals surface area contributed by atoms with Crippen molar-refractivity contribution >= 4 is 17.5 Å². The molecule has 1 aliphatic rings. The van der Waals surface area contributed by atoms with Gasteiger partial charge in [-0.15, -0.1) is 5.10 Å².